The van der Waals surface area contributed by atoms with Crippen LogP contribution < -0.4 is 16.0 Å². The van der Waals surface area contributed by atoms with E-state index in [-0.39, 0.29) is 30.2 Å². The lowest BCUT2D eigenvalue weighted by Gasteiger charge is -2.23. The van der Waals surface area contributed by atoms with Gasteiger partial charge in [-0.3, -0.25) is 14.9 Å². The van der Waals surface area contributed by atoms with Crippen molar-refractivity contribution >= 4 is 17.5 Å². The van der Waals surface area contributed by atoms with Crippen molar-refractivity contribution in [2.24, 2.45) is 0 Å². The minimum atomic E-state index is -0.702. The summed E-state index contributed by atoms with van der Waals surface area (Å²) >= 11 is 0. The van der Waals surface area contributed by atoms with Crippen molar-refractivity contribution in [3.63, 3.8) is 0 Å². The topological polar surface area (TPSA) is 70.2 Å². The lowest BCUT2D eigenvalue weighted by molar-refractivity contribution is -0.124. The van der Waals surface area contributed by atoms with Crippen molar-refractivity contribution in [3.05, 3.63) is 29.3 Å². The second-order valence-electron chi connectivity index (χ2n) is 4.31. The summed E-state index contributed by atoms with van der Waals surface area (Å²) in [6.07, 6.45) is 0. The average Bonchev–Trinajstić information content (AvgIpc) is 2.36. The SMILES string of the molecule is Cc1cc(F)c(NC(=O)C2CNC(=O)CN2)cc1F. The number of benzene rings is 1. The number of piperazine rings is 1. The first kappa shape index (κ1) is 13.4. The highest BCUT2D eigenvalue weighted by Gasteiger charge is 2.24. The Morgan fingerprint density at radius 3 is 2.74 bits per heavy atom. The number of nitrogens with one attached hydrogen (secondary N) is 3. The van der Waals surface area contributed by atoms with Gasteiger partial charge in [0.1, 0.15) is 17.7 Å². The Labute approximate surface area is 108 Å². The van der Waals surface area contributed by atoms with Gasteiger partial charge >= 0.3 is 0 Å². The van der Waals surface area contributed by atoms with Gasteiger partial charge in [0.15, 0.2) is 0 Å². The summed E-state index contributed by atoms with van der Waals surface area (Å²) in [5, 5.41) is 7.49. The fourth-order valence-corrected chi connectivity index (χ4v) is 1.71. The highest BCUT2D eigenvalue weighted by atomic mass is 19.1. The molecule has 0 spiro atoms. The molecule has 19 heavy (non-hydrogen) atoms. The van der Waals surface area contributed by atoms with E-state index < -0.39 is 23.6 Å². The van der Waals surface area contributed by atoms with Gasteiger partial charge in [-0.25, -0.2) is 8.78 Å². The molecule has 102 valence electrons. The van der Waals surface area contributed by atoms with E-state index in [1.54, 1.807) is 0 Å². The van der Waals surface area contributed by atoms with E-state index in [1.807, 2.05) is 0 Å². The zero-order valence-corrected chi connectivity index (χ0v) is 10.2. The van der Waals surface area contributed by atoms with Crippen molar-refractivity contribution in [1.29, 1.82) is 0 Å². The normalized spacial score (nSPS) is 18.9. The molecule has 1 fully saturated rings. The Balaban J connectivity index is 2.07. The zero-order valence-electron chi connectivity index (χ0n) is 10.2. The summed E-state index contributed by atoms with van der Waals surface area (Å²) in [6, 6.07) is 1.28. The van der Waals surface area contributed by atoms with E-state index in [0.29, 0.717) is 0 Å². The number of carbonyl (C=O) groups excluding carboxylic acids is 2. The molecule has 1 aliphatic rings. The first-order valence-corrected chi connectivity index (χ1v) is 5.74. The number of anilines is 1. The molecule has 0 bridgehead atoms. The van der Waals surface area contributed by atoms with E-state index in [9.17, 15) is 18.4 Å². The predicted octanol–water partition coefficient (Wildman–Crippen LogP) is 0.300. The monoisotopic (exact) mass is 269 g/mol. The summed E-state index contributed by atoms with van der Waals surface area (Å²) in [7, 11) is 0. The van der Waals surface area contributed by atoms with E-state index in [4.69, 9.17) is 0 Å². The summed E-state index contributed by atoms with van der Waals surface area (Å²) in [5.74, 6) is -2.03. The number of amides is 2. The quantitative estimate of drug-likeness (QED) is 0.723. The molecule has 1 aromatic rings. The Morgan fingerprint density at radius 2 is 2.11 bits per heavy atom. The summed E-state index contributed by atoms with van der Waals surface area (Å²) < 4.78 is 26.9. The van der Waals surface area contributed by atoms with Crippen LogP contribution in [0.2, 0.25) is 0 Å². The highest BCUT2D eigenvalue weighted by Crippen LogP contribution is 2.19. The third kappa shape index (κ3) is 3.05. The second-order valence-corrected chi connectivity index (χ2v) is 4.31. The largest absolute Gasteiger partial charge is 0.353 e. The molecular formula is C12H13F2N3O2. The Hall–Kier alpha value is -2.02. The summed E-state index contributed by atoms with van der Waals surface area (Å²) in [5.41, 5.74) is -0.0506. The molecule has 1 aromatic carbocycles. The standard InChI is InChI=1S/C12H13F2N3O2/c1-6-2-8(14)9(3-7(6)13)17-12(19)10-4-16-11(18)5-15-10/h2-3,10,15H,4-5H2,1H3,(H,16,18)(H,17,19). The lowest BCUT2D eigenvalue weighted by Crippen LogP contribution is -2.56. The summed E-state index contributed by atoms with van der Waals surface area (Å²) in [4.78, 5) is 22.7. The molecule has 3 N–H and O–H groups in total. The third-order valence-corrected chi connectivity index (χ3v) is 2.84. The molecule has 1 unspecified atom stereocenters. The fourth-order valence-electron chi connectivity index (χ4n) is 1.71. The third-order valence-electron chi connectivity index (χ3n) is 2.84. The molecule has 0 aromatic heterocycles. The van der Waals surface area contributed by atoms with Crippen molar-refractivity contribution in [1.82, 2.24) is 10.6 Å². The van der Waals surface area contributed by atoms with Crippen molar-refractivity contribution in [2.45, 2.75) is 13.0 Å². The molecule has 1 aliphatic heterocycles. The molecular weight excluding hydrogens is 256 g/mol. The molecule has 7 heteroatoms. The maximum Gasteiger partial charge on any atom is 0.243 e. The van der Waals surface area contributed by atoms with Crippen LogP contribution in [0.25, 0.3) is 0 Å². The Kier molecular flexibility index (Phi) is 3.75. The predicted molar refractivity (Wildman–Crippen MR) is 64.5 cm³/mol. The molecule has 0 aliphatic carbocycles. The van der Waals surface area contributed by atoms with Gasteiger partial charge in [0.05, 0.1) is 12.2 Å². The number of aryl methyl sites for hydroxylation is 1. The Bertz CT molecular complexity index is 524. The van der Waals surface area contributed by atoms with Crippen molar-refractivity contribution in [2.75, 3.05) is 18.4 Å². The summed E-state index contributed by atoms with van der Waals surface area (Å²) in [6.45, 7) is 1.56. The molecule has 1 atom stereocenters. The minimum absolute atomic E-state index is 0.0167. The van der Waals surface area contributed by atoms with E-state index in [2.05, 4.69) is 16.0 Å². The lowest BCUT2D eigenvalue weighted by atomic mass is 10.1. The average molecular weight is 269 g/mol. The molecule has 5 nitrogen and oxygen atoms in total. The smallest absolute Gasteiger partial charge is 0.243 e. The van der Waals surface area contributed by atoms with Gasteiger partial charge < -0.3 is 10.6 Å². The number of carbonyl (C=O) groups is 2. The van der Waals surface area contributed by atoms with Gasteiger partial charge in [-0.05, 0) is 18.6 Å². The zero-order chi connectivity index (χ0) is 14.0. The maximum absolute atomic E-state index is 13.5. The van der Waals surface area contributed by atoms with Crippen LogP contribution in [0.3, 0.4) is 0 Å². The molecule has 0 saturated carbocycles. The fraction of sp³-hybridized carbons (Fsp3) is 0.333. The van der Waals surface area contributed by atoms with E-state index in [1.165, 1.54) is 6.92 Å². The first-order chi connectivity index (χ1) is 8.97. The van der Waals surface area contributed by atoms with Crippen LogP contribution in [0.15, 0.2) is 12.1 Å². The molecule has 2 rings (SSSR count). The molecule has 0 radical (unpaired) electrons. The molecule has 2 amide bonds. The van der Waals surface area contributed by atoms with Crippen LogP contribution in [-0.4, -0.2) is 30.9 Å². The number of rotatable bonds is 2. The van der Waals surface area contributed by atoms with Gasteiger partial charge in [0.2, 0.25) is 11.8 Å². The Morgan fingerprint density at radius 1 is 1.37 bits per heavy atom. The van der Waals surface area contributed by atoms with Gasteiger partial charge in [0.25, 0.3) is 0 Å². The van der Waals surface area contributed by atoms with Crippen molar-refractivity contribution in [3.8, 4) is 0 Å². The molecule has 1 heterocycles. The van der Waals surface area contributed by atoms with Crippen LogP contribution in [0.1, 0.15) is 5.56 Å². The van der Waals surface area contributed by atoms with Crippen LogP contribution in [-0.2, 0) is 9.59 Å². The van der Waals surface area contributed by atoms with E-state index in [0.717, 1.165) is 12.1 Å². The maximum atomic E-state index is 13.5. The van der Waals surface area contributed by atoms with Crippen LogP contribution in [0, 0.1) is 18.6 Å². The van der Waals surface area contributed by atoms with Crippen molar-refractivity contribution < 1.29 is 18.4 Å². The molecule has 1 saturated heterocycles. The van der Waals surface area contributed by atoms with Crippen LogP contribution in [0.4, 0.5) is 14.5 Å². The minimum Gasteiger partial charge on any atom is -0.353 e. The van der Waals surface area contributed by atoms with Gasteiger partial charge in [0, 0.05) is 12.6 Å². The number of hydrogen-bond donors (Lipinski definition) is 3. The number of halogens is 2. The van der Waals surface area contributed by atoms with E-state index >= 15 is 0 Å². The van der Waals surface area contributed by atoms with Gasteiger partial charge in [-0.1, -0.05) is 0 Å². The van der Waals surface area contributed by atoms with Crippen LogP contribution in [0.5, 0.6) is 0 Å². The second kappa shape index (κ2) is 5.31. The first-order valence-electron chi connectivity index (χ1n) is 5.74. The van der Waals surface area contributed by atoms with Crippen LogP contribution >= 0.6 is 0 Å². The highest BCUT2D eigenvalue weighted by molar-refractivity contribution is 5.96. The van der Waals surface area contributed by atoms with Gasteiger partial charge in [-0.15, -0.1) is 0 Å². The number of hydrogen-bond acceptors (Lipinski definition) is 3. The van der Waals surface area contributed by atoms with Gasteiger partial charge in [-0.2, -0.15) is 0 Å².